The molecule has 238 valence electrons. The van der Waals surface area contributed by atoms with Gasteiger partial charge >= 0.3 is 12.1 Å². The number of carbonyl (C=O) groups is 1. The number of benzene rings is 3. The summed E-state index contributed by atoms with van der Waals surface area (Å²) < 4.78 is 45.2. The van der Waals surface area contributed by atoms with Gasteiger partial charge in [-0.05, 0) is 74.5 Å². The van der Waals surface area contributed by atoms with E-state index in [0.717, 1.165) is 54.6 Å². The smallest absolute Gasteiger partial charge is 0.416 e. The quantitative estimate of drug-likeness (QED) is 0.250. The van der Waals surface area contributed by atoms with Gasteiger partial charge in [-0.25, -0.2) is 0 Å². The number of carboxylic acid groups (broad SMARTS) is 1. The number of hydrogen-bond acceptors (Lipinski definition) is 7. The van der Waals surface area contributed by atoms with E-state index in [1.807, 2.05) is 29.2 Å². The number of carboxylic acids is 1. The summed E-state index contributed by atoms with van der Waals surface area (Å²) in [5, 5.41) is 18.3. The van der Waals surface area contributed by atoms with Crippen molar-refractivity contribution in [3.63, 3.8) is 0 Å². The summed E-state index contributed by atoms with van der Waals surface area (Å²) in [5.41, 5.74) is 1.01. The van der Waals surface area contributed by atoms with Gasteiger partial charge in [0.1, 0.15) is 12.4 Å². The first-order chi connectivity index (χ1) is 21.0. The van der Waals surface area contributed by atoms with Gasteiger partial charge in [-0.15, -0.1) is 0 Å². The molecule has 0 saturated carbocycles. The lowest BCUT2D eigenvalue weighted by molar-refractivity contribution is -0.142. The van der Waals surface area contributed by atoms with Crippen molar-refractivity contribution in [2.24, 2.45) is 5.92 Å². The third-order valence-corrected chi connectivity index (χ3v) is 8.81. The number of β-amino-alcohol motifs (C(OH)–C–C–N with tert-alkyl or cyclic N) is 1. The van der Waals surface area contributed by atoms with Crippen LogP contribution in [0.1, 0.15) is 18.9 Å². The summed E-state index contributed by atoms with van der Waals surface area (Å²) in [4.78, 5) is 19.1. The molecule has 0 amide bonds. The van der Waals surface area contributed by atoms with Crippen molar-refractivity contribution in [3.05, 3.63) is 77.3 Å². The van der Waals surface area contributed by atoms with Crippen molar-refractivity contribution in [1.82, 2.24) is 9.80 Å². The normalized spacial score (nSPS) is 15.9. The molecule has 2 aliphatic heterocycles. The van der Waals surface area contributed by atoms with E-state index in [9.17, 15) is 18.0 Å². The fourth-order valence-electron chi connectivity index (χ4n) is 4.90. The van der Waals surface area contributed by atoms with Crippen molar-refractivity contribution in [1.29, 1.82) is 0 Å². The number of nitrogens with zero attached hydrogens (tertiary/aromatic N) is 3. The minimum atomic E-state index is -4.35. The van der Waals surface area contributed by atoms with E-state index in [1.54, 1.807) is 37.3 Å². The SMILES string of the molecule is CC(COc1ccc(Cl)cc1)C(=O)O.OCCN1CCN(CCCN2c3ccccc3Sc3ccc(C(F)(F)F)cc32)CC1. The van der Waals surface area contributed by atoms with Crippen LogP contribution in [0.15, 0.2) is 76.5 Å². The Hall–Kier alpha value is -2.96. The lowest BCUT2D eigenvalue weighted by atomic mass is 10.1. The van der Waals surface area contributed by atoms with Gasteiger partial charge in [0.2, 0.25) is 0 Å². The van der Waals surface area contributed by atoms with Crippen LogP contribution in [0.2, 0.25) is 5.02 Å². The van der Waals surface area contributed by atoms with Crippen molar-refractivity contribution in [2.75, 3.05) is 63.9 Å². The van der Waals surface area contributed by atoms with Crippen LogP contribution in [0.5, 0.6) is 5.75 Å². The van der Waals surface area contributed by atoms with Crippen molar-refractivity contribution in [3.8, 4) is 5.75 Å². The van der Waals surface area contributed by atoms with Gasteiger partial charge < -0.3 is 24.7 Å². The average molecular weight is 652 g/mol. The predicted molar refractivity (Wildman–Crippen MR) is 167 cm³/mol. The Morgan fingerprint density at radius 1 is 0.932 bits per heavy atom. The summed E-state index contributed by atoms with van der Waals surface area (Å²) in [6.07, 6.45) is -3.48. The molecule has 0 radical (unpaired) electrons. The van der Waals surface area contributed by atoms with E-state index in [4.69, 9.17) is 26.6 Å². The Morgan fingerprint density at radius 3 is 2.20 bits per heavy atom. The van der Waals surface area contributed by atoms with Gasteiger partial charge in [-0.1, -0.05) is 35.5 Å². The van der Waals surface area contributed by atoms with E-state index < -0.39 is 23.6 Å². The zero-order chi connectivity index (χ0) is 31.7. The predicted octanol–water partition coefficient (Wildman–Crippen LogP) is 6.75. The molecule has 0 spiro atoms. The molecule has 44 heavy (non-hydrogen) atoms. The van der Waals surface area contributed by atoms with E-state index in [1.165, 1.54) is 23.9 Å². The average Bonchev–Trinajstić information content (AvgIpc) is 3.01. The first kappa shape index (κ1) is 33.9. The molecule has 2 aliphatic rings. The highest BCUT2D eigenvalue weighted by Crippen LogP contribution is 2.49. The highest BCUT2D eigenvalue weighted by atomic mass is 35.5. The Bertz CT molecular complexity index is 1370. The number of ether oxygens (including phenoxy) is 1. The molecule has 5 rings (SSSR count). The van der Waals surface area contributed by atoms with Gasteiger partial charge in [0.25, 0.3) is 0 Å². The van der Waals surface area contributed by atoms with Crippen LogP contribution in [0, 0.1) is 5.92 Å². The molecule has 0 aliphatic carbocycles. The first-order valence-electron chi connectivity index (χ1n) is 14.5. The van der Waals surface area contributed by atoms with E-state index in [0.29, 0.717) is 29.5 Å². The first-order valence-corrected chi connectivity index (χ1v) is 15.7. The maximum absolute atomic E-state index is 13.3. The van der Waals surface area contributed by atoms with E-state index in [-0.39, 0.29) is 13.2 Å². The summed E-state index contributed by atoms with van der Waals surface area (Å²) in [5.74, 6) is -0.743. The summed E-state index contributed by atoms with van der Waals surface area (Å²) in [6, 6.07) is 18.8. The van der Waals surface area contributed by atoms with Crippen LogP contribution >= 0.6 is 23.4 Å². The number of piperazine rings is 1. The minimum absolute atomic E-state index is 0.164. The van der Waals surface area contributed by atoms with Gasteiger partial charge in [0, 0.05) is 54.1 Å². The molecular weight excluding hydrogens is 615 g/mol. The van der Waals surface area contributed by atoms with Crippen molar-refractivity contribution >= 4 is 40.7 Å². The Kier molecular flexibility index (Phi) is 12.2. The number of fused-ring (bicyclic) bond motifs is 2. The molecule has 0 aromatic heterocycles. The second kappa shape index (κ2) is 15.9. The Morgan fingerprint density at radius 2 is 1.57 bits per heavy atom. The maximum atomic E-state index is 13.3. The highest BCUT2D eigenvalue weighted by Gasteiger charge is 2.33. The van der Waals surface area contributed by atoms with E-state index >= 15 is 0 Å². The molecule has 1 atom stereocenters. The summed E-state index contributed by atoms with van der Waals surface area (Å²) >= 11 is 7.20. The lowest BCUT2D eigenvalue weighted by Crippen LogP contribution is -2.47. The molecule has 1 fully saturated rings. The van der Waals surface area contributed by atoms with Crippen LogP contribution in [-0.2, 0) is 11.0 Å². The van der Waals surface area contributed by atoms with E-state index in [2.05, 4.69) is 9.80 Å². The van der Waals surface area contributed by atoms with Gasteiger partial charge in [0.15, 0.2) is 0 Å². The molecule has 0 bridgehead atoms. The molecule has 2 N–H and O–H groups in total. The zero-order valence-corrected chi connectivity index (χ0v) is 26.0. The second-order valence-corrected chi connectivity index (χ2v) is 12.2. The number of alkyl halides is 3. The standard InChI is InChI=1S/C22H26F3N3OS.C10H11ClO3/c23-22(24,25)17-6-7-21-19(16-17)28(18-4-1-2-5-20(18)30-21)9-3-8-26-10-12-27(13-11-26)14-15-29;1-7(10(12)13)6-14-9-4-2-8(11)3-5-9/h1-2,4-7,16,29H,3,8-15H2;2-5,7H,6H2,1H3,(H,12,13). The number of halogens is 4. The number of rotatable bonds is 10. The number of aliphatic carboxylic acids is 1. The van der Waals surface area contributed by atoms with Crippen LogP contribution in [0.25, 0.3) is 0 Å². The molecule has 1 unspecified atom stereocenters. The van der Waals surface area contributed by atoms with Crippen molar-refractivity contribution < 1.29 is 32.9 Å². The largest absolute Gasteiger partial charge is 0.493 e. The molecule has 2 heterocycles. The molecule has 1 saturated heterocycles. The Labute approximate surface area is 265 Å². The number of hydrogen-bond donors (Lipinski definition) is 2. The number of aliphatic hydroxyl groups is 1. The Balaban J connectivity index is 0.000000265. The van der Waals surface area contributed by atoms with Crippen molar-refractivity contribution in [2.45, 2.75) is 29.3 Å². The topological polar surface area (TPSA) is 76.5 Å². The highest BCUT2D eigenvalue weighted by molar-refractivity contribution is 7.99. The van der Waals surface area contributed by atoms with Crippen LogP contribution in [0.4, 0.5) is 24.5 Å². The molecule has 3 aromatic rings. The maximum Gasteiger partial charge on any atom is 0.416 e. The monoisotopic (exact) mass is 651 g/mol. The van der Waals surface area contributed by atoms with Crippen LogP contribution in [-0.4, -0.2) is 85.0 Å². The second-order valence-electron chi connectivity index (χ2n) is 10.7. The van der Waals surface area contributed by atoms with Gasteiger partial charge in [0.05, 0.1) is 29.5 Å². The third-order valence-electron chi connectivity index (χ3n) is 7.43. The molecule has 7 nitrogen and oxygen atoms in total. The molecular formula is C32H37ClF3N3O4S. The summed E-state index contributed by atoms with van der Waals surface area (Å²) in [7, 11) is 0. The zero-order valence-electron chi connectivity index (χ0n) is 24.5. The minimum Gasteiger partial charge on any atom is -0.493 e. The van der Waals surface area contributed by atoms with Crippen LogP contribution < -0.4 is 9.64 Å². The fourth-order valence-corrected chi connectivity index (χ4v) is 6.10. The molecule has 3 aromatic carbocycles. The lowest BCUT2D eigenvalue weighted by Gasteiger charge is -2.36. The third kappa shape index (κ3) is 9.52. The number of para-hydroxylation sites is 1. The fraction of sp³-hybridized carbons (Fsp3) is 0.406. The van der Waals surface area contributed by atoms with Crippen LogP contribution in [0.3, 0.4) is 0 Å². The van der Waals surface area contributed by atoms with Gasteiger partial charge in [-0.2, -0.15) is 13.2 Å². The summed E-state index contributed by atoms with van der Waals surface area (Å²) in [6.45, 7) is 8.05. The molecule has 12 heteroatoms. The number of aliphatic hydroxyl groups excluding tert-OH is 1. The number of anilines is 2. The van der Waals surface area contributed by atoms with Gasteiger partial charge in [-0.3, -0.25) is 9.69 Å².